The third-order valence-corrected chi connectivity index (χ3v) is 7.44. The van der Waals surface area contributed by atoms with Crippen LogP contribution in [-0.4, -0.2) is 70.1 Å². The lowest BCUT2D eigenvalue weighted by atomic mass is 9.91. The number of nitrogens with one attached hydrogen (secondary N) is 2. The lowest BCUT2D eigenvalue weighted by molar-refractivity contribution is -0.149. The second kappa shape index (κ2) is 7.21. The molecule has 31 heavy (non-hydrogen) atoms. The van der Waals surface area contributed by atoms with Gasteiger partial charge >= 0.3 is 0 Å². The fraction of sp³-hybridized carbons (Fsp3) is 0.444. The number of aliphatic hydroxyl groups is 1. The van der Waals surface area contributed by atoms with Crippen molar-refractivity contribution in [3.63, 3.8) is 0 Å². The van der Waals surface area contributed by atoms with Crippen molar-refractivity contribution >= 4 is 43.2 Å². The van der Waals surface area contributed by atoms with Crippen molar-refractivity contribution in [1.29, 1.82) is 0 Å². The maximum Gasteiger partial charge on any atom is 0.286 e. The number of amidine groups is 1. The summed E-state index contributed by atoms with van der Waals surface area (Å²) in [4.78, 5) is 13.0. The van der Waals surface area contributed by atoms with Crippen molar-refractivity contribution < 1.29 is 26.7 Å². The maximum atomic E-state index is 13.2. The van der Waals surface area contributed by atoms with E-state index in [-0.39, 0.29) is 45.4 Å². The van der Waals surface area contributed by atoms with Crippen molar-refractivity contribution in [1.82, 2.24) is 10.0 Å². The molecule has 1 amide bonds. The zero-order valence-electron chi connectivity index (χ0n) is 17.2. The van der Waals surface area contributed by atoms with Gasteiger partial charge in [0.05, 0.1) is 18.0 Å². The van der Waals surface area contributed by atoms with Crippen molar-refractivity contribution in [3.8, 4) is 0 Å². The Morgan fingerprint density at radius 3 is 2.65 bits per heavy atom. The summed E-state index contributed by atoms with van der Waals surface area (Å²) < 4.78 is 54.6. The number of carbonyl (C=O) groups excluding carboxylic acids is 1. The molecule has 11 nitrogen and oxygen atoms in total. The number of hydrogen-bond donors (Lipinski definition) is 3. The molecule has 1 aromatic carbocycles. The fourth-order valence-corrected chi connectivity index (χ4v) is 6.06. The number of benzene rings is 1. The summed E-state index contributed by atoms with van der Waals surface area (Å²) in [7, 11) is -4.44. The number of fused-ring (bicyclic) bond motifs is 2. The smallest absolute Gasteiger partial charge is 0.286 e. The van der Waals surface area contributed by atoms with Crippen LogP contribution in [0.15, 0.2) is 38.8 Å². The van der Waals surface area contributed by atoms with Crippen molar-refractivity contribution in [2.24, 2.45) is 10.3 Å². The van der Waals surface area contributed by atoms with E-state index in [9.17, 15) is 26.7 Å². The summed E-state index contributed by atoms with van der Waals surface area (Å²) in [5, 5.41) is 16.9. The molecule has 0 saturated heterocycles. The minimum atomic E-state index is -4.26. The summed E-state index contributed by atoms with van der Waals surface area (Å²) in [6.07, 6.45) is 3.20. The van der Waals surface area contributed by atoms with Crippen LogP contribution in [0, 0.1) is 5.92 Å². The van der Waals surface area contributed by atoms with Gasteiger partial charge in [-0.25, -0.2) is 13.4 Å². The first-order valence-electron chi connectivity index (χ1n) is 9.57. The second-order valence-electron chi connectivity index (χ2n) is 7.99. The van der Waals surface area contributed by atoms with Crippen LogP contribution < -0.4 is 10.0 Å². The number of hydrogen-bond acceptors (Lipinski definition) is 8. The zero-order valence-corrected chi connectivity index (χ0v) is 18.8. The first-order valence-corrected chi connectivity index (χ1v) is 12.9. The van der Waals surface area contributed by atoms with Gasteiger partial charge in [-0.1, -0.05) is 6.42 Å². The lowest BCUT2D eigenvalue weighted by Crippen LogP contribution is -2.55. The van der Waals surface area contributed by atoms with Gasteiger partial charge in [0.15, 0.2) is 5.84 Å². The third kappa shape index (κ3) is 3.77. The average Bonchev–Trinajstić information content (AvgIpc) is 3.10. The van der Waals surface area contributed by atoms with Crippen LogP contribution in [0.4, 0.5) is 11.4 Å². The Kier molecular flexibility index (Phi) is 5.02. The molecule has 1 saturated carbocycles. The highest BCUT2D eigenvalue weighted by molar-refractivity contribution is 7.92. The molecule has 0 aromatic heterocycles. The van der Waals surface area contributed by atoms with Crippen molar-refractivity contribution in [2.75, 3.05) is 30.4 Å². The van der Waals surface area contributed by atoms with Gasteiger partial charge < -0.3 is 10.4 Å². The zero-order chi connectivity index (χ0) is 22.7. The van der Waals surface area contributed by atoms with E-state index in [4.69, 9.17) is 0 Å². The number of amides is 1. The highest BCUT2D eigenvalue weighted by atomic mass is 32.2. The number of anilines is 2. The molecule has 4 rings (SSSR count). The van der Waals surface area contributed by atoms with Gasteiger partial charge in [-0.15, -0.1) is 4.40 Å². The minimum absolute atomic E-state index is 0.0636. The monoisotopic (exact) mass is 469 g/mol. The number of aliphatic hydroxyl groups excluding tert-OH is 1. The molecular weight excluding hydrogens is 446 g/mol. The molecule has 1 aliphatic carbocycles. The molecule has 2 aliphatic heterocycles. The fourth-order valence-electron chi connectivity index (χ4n) is 4.36. The molecule has 0 radical (unpaired) electrons. The Bertz CT molecular complexity index is 1240. The van der Waals surface area contributed by atoms with Crippen LogP contribution in [0.1, 0.15) is 19.3 Å². The number of nitrogens with zero attached hydrogens (tertiary/aromatic N) is 3. The summed E-state index contributed by atoms with van der Waals surface area (Å²) in [5.41, 5.74) is 0.0140. The molecule has 168 valence electrons. The largest absolute Gasteiger partial charge is 0.511 e. The van der Waals surface area contributed by atoms with Crippen LogP contribution in [0.5, 0.6) is 0 Å². The molecule has 3 N–H and O–H groups in total. The Hall–Kier alpha value is -2.64. The van der Waals surface area contributed by atoms with E-state index in [1.165, 1.54) is 17.1 Å². The van der Waals surface area contributed by atoms with Gasteiger partial charge in [0.1, 0.15) is 16.2 Å². The number of rotatable bonds is 4. The van der Waals surface area contributed by atoms with Gasteiger partial charge in [-0.05, 0) is 31.0 Å². The normalized spacial score (nSPS) is 25.1. The van der Waals surface area contributed by atoms with E-state index in [1.54, 1.807) is 19.1 Å². The van der Waals surface area contributed by atoms with E-state index < -0.39 is 26.0 Å². The summed E-state index contributed by atoms with van der Waals surface area (Å²) in [5.74, 6) is -1.25. The van der Waals surface area contributed by atoms with Crippen molar-refractivity contribution in [3.05, 3.63) is 29.5 Å². The molecule has 13 heteroatoms. The summed E-state index contributed by atoms with van der Waals surface area (Å²) in [6.45, 7) is 0. The highest BCUT2D eigenvalue weighted by Gasteiger charge is 2.47. The van der Waals surface area contributed by atoms with Gasteiger partial charge in [-0.3, -0.25) is 14.5 Å². The predicted molar refractivity (Wildman–Crippen MR) is 114 cm³/mol. The van der Waals surface area contributed by atoms with E-state index in [0.29, 0.717) is 6.42 Å². The predicted octanol–water partition coefficient (Wildman–Crippen LogP) is 0.870. The minimum Gasteiger partial charge on any atom is -0.511 e. The summed E-state index contributed by atoms with van der Waals surface area (Å²) in [6, 6.07) is 3.72. The summed E-state index contributed by atoms with van der Waals surface area (Å²) >= 11 is 0. The van der Waals surface area contributed by atoms with Crippen LogP contribution in [-0.2, 0) is 24.8 Å². The molecule has 1 fully saturated rings. The number of hydrazine groups is 1. The van der Waals surface area contributed by atoms with E-state index in [0.717, 1.165) is 25.2 Å². The first kappa shape index (κ1) is 21.6. The van der Waals surface area contributed by atoms with E-state index in [2.05, 4.69) is 14.4 Å². The van der Waals surface area contributed by atoms with Gasteiger partial charge in [0.2, 0.25) is 10.0 Å². The average molecular weight is 470 g/mol. The Morgan fingerprint density at radius 2 is 2.00 bits per heavy atom. The lowest BCUT2D eigenvalue weighted by Gasteiger charge is -2.41. The Balaban J connectivity index is 1.79. The molecular formula is C18H23N5O6S2. The molecule has 0 bridgehead atoms. The Morgan fingerprint density at radius 1 is 1.29 bits per heavy atom. The van der Waals surface area contributed by atoms with Crippen LogP contribution >= 0.6 is 0 Å². The molecule has 2 atom stereocenters. The molecule has 3 aliphatic rings. The topological polar surface area (TPSA) is 148 Å². The first-order chi connectivity index (χ1) is 14.4. The van der Waals surface area contributed by atoms with E-state index in [1.807, 2.05) is 0 Å². The molecule has 0 spiro atoms. The van der Waals surface area contributed by atoms with Crippen LogP contribution in [0.2, 0.25) is 0 Å². The molecule has 2 heterocycles. The quantitative estimate of drug-likeness (QED) is 0.588. The number of sulfonamides is 2. The second-order valence-corrected chi connectivity index (χ2v) is 11.3. The highest BCUT2D eigenvalue weighted by Crippen LogP contribution is 2.41. The van der Waals surface area contributed by atoms with Crippen LogP contribution in [0.3, 0.4) is 0 Å². The maximum absolute atomic E-state index is 13.2. The SMILES string of the molecule is CN(C)N1C(=O)C(C2=NS(=O)(=O)c3cc(NS(C)(=O)=O)ccc3N2)=C(O)[C@@H]2CCC[C@@H]21. The molecule has 0 unspecified atom stereocenters. The van der Waals surface area contributed by atoms with Gasteiger partial charge in [0.25, 0.3) is 15.9 Å². The van der Waals surface area contributed by atoms with Crippen molar-refractivity contribution in [2.45, 2.75) is 30.2 Å². The van der Waals surface area contributed by atoms with E-state index >= 15 is 0 Å². The third-order valence-electron chi connectivity index (χ3n) is 5.52. The Labute approximate surface area is 180 Å². The molecule has 1 aromatic rings. The number of carbonyl (C=O) groups is 1. The standard InChI is InChI=1S/C18H23N5O6S2/c1-22(2)23-13-6-4-5-11(13)16(24)15(18(23)25)17-19-12-8-7-10(20-30(3,26)27)9-14(12)31(28,29)21-17/h7-9,11,13,20,24H,4-6H2,1-3H3,(H,19,21)/t11-,13+/m1/s1. The van der Waals surface area contributed by atoms with Crippen LogP contribution in [0.25, 0.3) is 0 Å². The van der Waals surface area contributed by atoms with Gasteiger partial charge in [0, 0.05) is 25.7 Å². The van der Waals surface area contributed by atoms with Gasteiger partial charge in [-0.2, -0.15) is 8.42 Å².